The first-order valence-electron chi connectivity index (χ1n) is 8.28. The van der Waals surface area contributed by atoms with E-state index in [1.54, 1.807) is 6.08 Å². The highest BCUT2D eigenvalue weighted by molar-refractivity contribution is 5.56. The van der Waals surface area contributed by atoms with Gasteiger partial charge < -0.3 is 9.47 Å². The zero-order valence-electron chi connectivity index (χ0n) is 14.1. The van der Waals surface area contributed by atoms with Gasteiger partial charge >= 0.3 is 0 Å². The Bertz CT molecular complexity index is 808. The molecule has 125 valence electrons. The highest BCUT2D eigenvalue weighted by Crippen LogP contribution is 2.30. The van der Waals surface area contributed by atoms with E-state index in [0.29, 0.717) is 13.2 Å². The molecule has 0 unspecified atom stereocenters. The summed E-state index contributed by atoms with van der Waals surface area (Å²) in [6.45, 7) is 4.76. The first kappa shape index (κ1) is 16.8. The Kier molecular flexibility index (Phi) is 5.89. The molecule has 0 bridgehead atoms. The molecule has 0 aromatic heterocycles. The molecule has 0 fully saturated rings. The van der Waals surface area contributed by atoms with Gasteiger partial charge in [0.1, 0.15) is 13.2 Å². The highest BCUT2D eigenvalue weighted by atomic mass is 16.5. The van der Waals surface area contributed by atoms with Crippen molar-refractivity contribution >= 4 is 6.08 Å². The fourth-order valence-electron chi connectivity index (χ4n) is 2.47. The van der Waals surface area contributed by atoms with Crippen LogP contribution in [0.3, 0.4) is 0 Å². The molecule has 2 nitrogen and oxygen atoms in total. The van der Waals surface area contributed by atoms with Gasteiger partial charge in [-0.1, -0.05) is 78.9 Å². The number of benzene rings is 3. The summed E-state index contributed by atoms with van der Waals surface area (Å²) in [5.41, 5.74) is 3.28. The van der Waals surface area contributed by atoms with E-state index in [1.807, 2.05) is 84.9 Å². The first-order valence-corrected chi connectivity index (χ1v) is 8.28. The Hall–Kier alpha value is -3.00. The van der Waals surface area contributed by atoms with Gasteiger partial charge in [0.2, 0.25) is 0 Å². The maximum absolute atomic E-state index is 6.02. The molecule has 2 heteroatoms. The summed E-state index contributed by atoms with van der Waals surface area (Å²) in [5.74, 6) is 1.47. The lowest BCUT2D eigenvalue weighted by Gasteiger charge is -2.14. The third kappa shape index (κ3) is 4.98. The van der Waals surface area contributed by atoms with Crippen LogP contribution in [0.4, 0.5) is 0 Å². The van der Waals surface area contributed by atoms with E-state index in [2.05, 4.69) is 6.92 Å². The van der Waals surface area contributed by atoms with Crippen molar-refractivity contribution in [2.75, 3.05) is 0 Å². The second-order valence-corrected chi connectivity index (χ2v) is 5.66. The Balaban J connectivity index is 1.76. The van der Waals surface area contributed by atoms with E-state index in [4.69, 9.17) is 9.47 Å². The van der Waals surface area contributed by atoms with Gasteiger partial charge in [-0.3, -0.25) is 0 Å². The lowest BCUT2D eigenvalue weighted by Crippen LogP contribution is -2.00. The Morgan fingerprint density at radius 3 is 1.80 bits per heavy atom. The van der Waals surface area contributed by atoms with E-state index < -0.39 is 0 Å². The number of hydrogen-bond acceptors (Lipinski definition) is 2. The van der Waals surface area contributed by atoms with E-state index >= 15 is 0 Å². The van der Waals surface area contributed by atoms with Crippen LogP contribution in [-0.4, -0.2) is 0 Å². The molecule has 0 heterocycles. The summed E-state index contributed by atoms with van der Waals surface area (Å²) < 4.78 is 12.0. The molecule has 25 heavy (non-hydrogen) atoms. The second kappa shape index (κ2) is 8.74. The van der Waals surface area contributed by atoms with Crippen LogP contribution in [0, 0.1) is 6.92 Å². The van der Waals surface area contributed by atoms with Gasteiger partial charge in [0.05, 0.1) is 0 Å². The summed E-state index contributed by atoms with van der Waals surface area (Å²) in [7, 11) is 0. The Morgan fingerprint density at radius 2 is 1.24 bits per heavy atom. The quantitative estimate of drug-likeness (QED) is 0.554. The average Bonchev–Trinajstić information content (AvgIpc) is 2.67. The molecule has 0 saturated carbocycles. The predicted octanol–water partition coefficient (Wildman–Crippen LogP) is 5.69. The molecule has 0 amide bonds. The van der Waals surface area contributed by atoms with Crippen LogP contribution < -0.4 is 9.47 Å². The molecule has 0 aliphatic heterocycles. The van der Waals surface area contributed by atoms with Crippen LogP contribution in [0.15, 0.2) is 84.9 Å². The standard InChI is InChI=1S/C23H21O2/c1-2-9-19-14-15-22(24-17-20-10-5-3-6-11-20)23(16-19)25-18-21-12-7-4-8-13-21/h2-16H,1,17-18H2/b9-2+. The van der Waals surface area contributed by atoms with Crippen LogP contribution in [0.2, 0.25) is 0 Å². The van der Waals surface area contributed by atoms with Crippen LogP contribution in [0.1, 0.15) is 16.7 Å². The third-order valence-corrected chi connectivity index (χ3v) is 3.75. The van der Waals surface area contributed by atoms with Crippen molar-refractivity contribution in [1.29, 1.82) is 0 Å². The van der Waals surface area contributed by atoms with Gasteiger partial charge in [-0.25, -0.2) is 0 Å². The average molecular weight is 329 g/mol. The summed E-state index contributed by atoms with van der Waals surface area (Å²) >= 11 is 0. The van der Waals surface area contributed by atoms with Gasteiger partial charge in [0.25, 0.3) is 0 Å². The molecule has 3 aromatic carbocycles. The SMILES string of the molecule is [CH2]/C=C/c1ccc(OCc2ccccc2)c(OCc2ccccc2)c1. The largest absolute Gasteiger partial charge is 0.485 e. The van der Waals surface area contributed by atoms with E-state index in [9.17, 15) is 0 Å². The Labute approximate surface area is 149 Å². The topological polar surface area (TPSA) is 18.5 Å². The molecule has 3 rings (SSSR count). The molecule has 0 N–H and O–H groups in total. The fourth-order valence-corrected chi connectivity index (χ4v) is 2.47. The number of ether oxygens (including phenoxy) is 2. The second-order valence-electron chi connectivity index (χ2n) is 5.66. The smallest absolute Gasteiger partial charge is 0.162 e. The van der Waals surface area contributed by atoms with Crippen LogP contribution in [-0.2, 0) is 13.2 Å². The minimum absolute atomic E-state index is 0.500. The highest BCUT2D eigenvalue weighted by Gasteiger charge is 2.07. The number of rotatable bonds is 7. The molecular formula is C23H21O2. The Morgan fingerprint density at radius 1 is 0.680 bits per heavy atom. The van der Waals surface area contributed by atoms with E-state index in [1.165, 1.54) is 0 Å². The fraction of sp³-hybridized carbons (Fsp3) is 0.0870. The van der Waals surface area contributed by atoms with Crippen molar-refractivity contribution in [2.45, 2.75) is 13.2 Å². The zero-order valence-corrected chi connectivity index (χ0v) is 14.1. The van der Waals surface area contributed by atoms with E-state index in [-0.39, 0.29) is 0 Å². The number of hydrogen-bond donors (Lipinski definition) is 0. The summed E-state index contributed by atoms with van der Waals surface area (Å²) in [6, 6.07) is 26.1. The van der Waals surface area contributed by atoms with Crippen LogP contribution >= 0.6 is 0 Å². The van der Waals surface area contributed by atoms with E-state index in [0.717, 1.165) is 28.2 Å². The third-order valence-electron chi connectivity index (χ3n) is 3.75. The zero-order chi connectivity index (χ0) is 17.3. The minimum Gasteiger partial charge on any atom is -0.485 e. The molecule has 0 aliphatic rings. The van der Waals surface area contributed by atoms with Gasteiger partial charge in [0, 0.05) is 0 Å². The van der Waals surface area contributed by atoms with Crippen molar-refractivity contribution in [3.8, 4) is 11.5 Å². The number of allylic oxidation sites excluding steroid dienone is 1. The summed E-state index contributed by atoms with van der Waals surface area (Å²) in [5, 5.41) is 0. The van der Waals surface area contributed by atoms with Crippen molar-refractivity contribution in [3.05, 3.63) is 109 Å². The predicted molar refractivity (Wildman–Crippen MR) is 102 cm³/mol. The van der Waals surface area contributed by atoms with Crippen molar-refractivity contribution < 1.29 is 9.47 Å². The maximum atomic E-state index is 6.02. The van der Waals surface area contributed by atoms with Crippen LogP contribution in [0.5, 0.6) is 11.5 Å². The maximum Gasteiger partial charge on any atom is 0.162 e. The molecule has 3 aromatic rings. The molecule has 1 radical (unpaired) electrons. The molecule has 0 aliphatic carbocycles. The molecule has 0 saturated heterocycles. The van der Waals surface area contributed by atoms with Crippen molar-refractivity contribution in [2.24, 2.45) is 0 Å². The van der Waals surface area contributed by atoms with Gasteiger partial charge in [-0.15, -0.1) is 0 Å². The van der Waals surface area contributed by atoms with Crippen molar-refractivity contribution in [1.82, 2.24) is 0 Å². The summed E-state index contributed by atoms with van der Waals surface area (Å²) in [4.78, 5) is 0. The minimum atomic E-state index is 0.500. The summed E-state index contributed by atoms with van der Waals surface area (Å²) in [6.07, 6.45) is 3.71. The lowest BCUT2D eigenvalue weighted by atomic mass is 10.2. The molecule has 0 atom stereocenters. The lowest BCUT2D eigenvalue weighted by molar-refractivity contribution is 0.256. The van der Waals surface area contributed by atoms with Gasteiger partial charge in [-0.05, 0) is 35.7 Å². The molecular weight excluding hydrogens is 308 g/mol. The van der Waals surface area contributed by atoms with Crippen molar-refractivity contribution in [3.63, 3.8) is 0 Å². The van der Waals surface area contributed by atoms with Gasteiger partial charge in [0.15, 0.2) is 11.5 Å². The molecule has 0 spiro atoms. The van der Waals surface area contributed by atoms with Crippen LogP contribution in [0.25, 0.3) is 6.08 Å². The monoisotopic (exact) mass is 329 g/mol. The van der Waals surface area contributed by atoms with Gasteiger partial charge in [-0.2, -0.15) is 0 Å². The normalized spacial score (nSPS) is 10.8. The first-order chi connectivity index (χ1) is 12.3.